The first kappa shape index (κ1) is 20.1. The second-order valence-electron chi connectivity index (χ2n) is 7.09. The third-order valence-corrected chi connectivity index (χ3v) is 4.91. The predicted octanol–water partition coefficient (Wildman–Crippen LogP) is 2.96. The molecule has 1 atom stereocenters. The summed E-state index contributed by atoms with van der Waals surface area (Å²) in [5.41, 5.74) is 1.53. The quantitative estimate of drug-likeness (QED) is 0.769. The maximum atomic E-state index is 14.5. The summed E-state index contributed by atoms with van der Waals surface area (Å²) in [4.78, 5) is 24.7. The standard InChI is InChI=1S/C21H24FNO5/c1-4-27-21(26)15-11-23-17(12(2)3)7-13-8-20(28-6-5-24)16(22)9-14(13)18(23)10-19(15)25/h8-12,17,24H,4-7H2,1-3H3. The maximum absolute atomic E-state index is 14.5. The summed E-state index contributed by atoms with van der Waals surface area (Å²) in [7, 11) is 0. The highest BCUT2D eigenvalue weighted by molar-refractivity contribution is 5.89. The van der Waals surface area contributed by atoms with Crippen LogP contribution in [0, 0.1) is 11.7 Å². The third kappa shape index (κ3) is 3.67. The van der Waals surface area contributed by atoms with E-state index in [4.69, 9.17) is 14.6 Å². The summed E-state index contributed by atoms with van der Waals surface area (Å²) in [5.74, 6) is -0.941. The molecule has 0 spiro atoms. The first-order chi connectivity index (χ1) is 13.4. The maximum Gasteiger partial charge on any atom is 0.343 e. The SMILES string of the molecule is CCOC(=O)c1cn2c(cc1=O)-c1cc(F)c(OCCO)cc1CC2C(C)C. The van der Waals surface area contributed by atoms with Gasteiger partial charge in [0.25, 0.3) is 0 Å². The minimum absolute atomic E-state index is 0.00224. The van der Waals surface area contributed by atoms with Crippen LogP contribution in [0.15, 0.2) is 29.2 Å². The number of carbonyl (C=O) groups is 1. The van der Waals surface area contributed by atoms with Gasteiger partial charge in [0.15, 0.2) is 17.0 Å². The van der Waals surface area contributed by atoms with Gasteiger partial charge in [-0.05, 0) is 37.0 Å². The average molecular weight is 389 g/mol. The van der Waals surface area contributed by atoms with Crippen molar-refractivity contribution in [1.29, 1.82) is 0 Å². The molecule has 0 saturated heterocycles. The zero-order valence-electron chi connectivity index (χ0n) is 16.2. The van der Waals surface area contributed by atoms with Crippen molar-refractivity contribution in [3.63, 3.8) is 0 Å². The second-order valence-corrected chi connectivity index (χ2v) is 7.09. The normalized spacial score (nSPS) is 15.1. The van der Waals surface area contributed by atoms with Crippen LogP contribution in [-0.4, -0.2) is 35.5 Å². The van der Waals surface area contributed by atoms with Gasteiger partial charge in [0, 0.05) is 23.9 Å². The number of pyridine rings is 1. The van der Waals surface area contributed by atoms with Crippen molar-refractivity contribution in [2.45, 2.75) is 33.2 Å². The lowest BCUT2D eigenvalue weighted by Gasteiger charge is -2.33. The van der Waals surface area contributed by atoms with E-state index in [-0.39, 0.29) is 43.1 Å². The number of esters is 1. The Morgan fingerprint density at radius 1 is 1.36 bits per heavy atom. The Kier molecular flexibility index (Phi) is 5.84. The minimum atomic E-state index is -0.657. The van der Waals surface area contributed by atoms with E-state index in [9.17, 15) is 14.0 Å². The molecule has 0 bridgehead atoms. The smallest absolute Gasteiger partial charge is 0.343 e. The minimum Gasteiger partial charge on any atom is -0.488 e. The van der Waals surface area contributed by atoms with Gasteiger partial charge in [-0.25, -0.2) is 9.18 Å². The van der Waals surface area contributed by atoms with E-state index in [0.29, 0.717) is 17.7 Å². The number of halogens is 1. The van der Waals surface area contributed by atoms with Gasteiger partial charge >= 0.3 is 5.97 Å². The number of ether oxygens (including phenoxy) is 2. The van der Waals surface area contributed by atoms with Crippen molar-refractivity contribution in [1.82, 2.24) is 4.57 Å². The number of hydrogen-bond donors (Lipinski definition) is 1. The van der Waals surface area contributed by atoms with Gasteiger partial charge in [-0.2, -0.15) is 0 Å². The molecule has 0 saturated carbocycles. The van der Waals surface area contributed by atoms with E-state index in [1.54, 1.807) is 13.0 Å². The summed E-state index contributed by atoms with van der Waals surface area (Å²) in [6.45, 7) is 5.75. The number of hydrogen-bond acceptors (Lipinski definition) is 5. The van der Waals surface area contributed by atoms with Crippen LogP contribution < -0.4 is 10.2 Å². The molecule has 1 aromatic carbocycles. The number of rotatable bonds is 6. The molecule has 1 aromatic heterocycles. The molecule has 7 heteroatoms. The fourth-order valence-corrected chi connectivity index (χ4v) is 3.55. The molecule has 2 aromatic rings. The fourth-order valence-electron chi connectivity index (χ4n) is 3.55. The van der Waals surface area contributed by atoms with Crippen LogP contribution in [0.25, 0.3) is 11.3 Å². The predicted molar refractivity (Wildman–Crippen MR) is 102 cm³/mol. The number of nitrogens with zero attached hydrogens (tertiary/aromatic N) is 1. The molecular weight excluding hydrogens is 365 g/mol. The highest BCUT2D eigenvalue weighted by atomic mass is 19.1. The lowest BCUT2D eigenvalue weighted by atomic mass is 9.87. The van der Waals surface area contributed by atoms with E-state index in [1.165, 1.54) is 18.3 Å². The molecule has 28 heavy (non-hydrogen) atoms. The summed E-state index contributed by atoms with van der Waals surface area (Å²) < 4.78 is 26.6. The van der Waals surface area contributed by atoms with Gasteiger partial charge in [0.05, 0.1) is 18.9 Å². The molecule has 1 N–H and O–H groups in total. The van der Waals surface area contributed by atoms with Crippen LogP contribution in [0.3, 0.4) is 0 Å². The lowest BCUT2D eigenvalue weighted by molar-refractivity contribution is 0.0523. The molecule has 0 radical (unpaired) electrons. The van der Waals surface area contributed by atoms with E-state index < -0.39 is 17.2 Å². The number of fused-ring (bicyclic) bond motifs is 3. The van der Waals surface area contributed by atoms with Gasteiger partial charge in [-0.3, -0.25) is 4.79 Å². The van der Waals surface area contributed by atoms with Crippen LogP contribution in [0.5, 0.6) is 5.75 Å². The summed E-state index contributed by atoms with van der Waals surface area (Å²) in [5, 5.41) is 8.92. The van der Waals surface area contributed by atoms with Crippen molar-refractivity contribution in [3.05, 3.63) is 51.6 Å². The Balaban J connectivity index is 2.16. The van der Waals surface area contributed by atoms with Crippen molar-refractivity contribution in [2.24, 2.45) is 5.92 Å². The zero-order chi connectivity index (χ0) is 20.4. The van der Waals surface area contributed by atoms with Gasteiger partial charge < -0.3 is 19.1 Å². The highest BCUT2D eigenvalue weighted by Crippen LogP contribution is 2.39. The van der Waals surface area contributed by atoms with E-state index >= 15 is 0 Å². The molecule has 1 unspecified atom stereocenters. The molecule has 1 aliphatic heterocycles. The van der Waals surface area contributed by atoms with Crippen LogP contribution in [-0.2, 0) is 11.2 Å². The number of aliphatic hydroxyl groups is 1. The van der Waals surface area contributed by atoms with Crippen molar-refractivity contribution >= 4 is 5.97 Å². The molecule has 0 fully saturated rings. The number of aliphatic hydroxyl groups excluding tert-OH is 1. The van der Waals surface area contributed by atoms with Crippen LogP contribution in [0.4, 0.5) is 4.39 Å². The largest absolute Gasteiger partial charge is 0.488 e. The molecule has 0 amide bonds. The molecule has 150 valence electrons. The summed E-state index contributed by atoms with van der Waals surface area (Å²) >= 11 is 0. The molecule has 1 aliphatic rings. The van der Waals surface area contributed by atoms with Crippen molar-refractivity contribution in [2.75, 3.05) is 19.8 Å². The number of carbonyl (C=O) groups excluding carboxylic acids is 1. The van der Waals surface area contributed by atoms with Crippen molar-refractivity contribution < 1.29 is 23.8 Å². The summed E-state index contributed by atoms with van der Waals surface area (Å²) in [6.07, 6.45) is 2.12. The number of aromatic nitrogens is 1. The zero-order valence-corrected chi connectivity index (χ0v) is 16.2. The molecule has 0 aliphatic carbocycles. The first-order valence-electron chi connectivity index (χ1n) is 9.37. The molecule has 3 rings (SSSR count). The third-order valence-electron chi connectivity index (χ3n) is 4.91. The molecule has 6 nitrogen and oxygen atoms in total. The second kappa shape index (κ2) is 8.14. The van der Waals surface area contributed by atoms with Gasteiger partial charge in [0.1, 0.15) is 12.2 Å². The highest BCUT2D eigenvalue weighted by Gasteiger charge is 2.29. The topological polar surface area (TPSA) is 77.8 Å². The number of benzene rings is 1. The van der Waals surface area contributed by atoms with Gasteiger partial charge in [-0.15, -0.1) is 0 Å². The Labute approximate surface area is 162 Å². The van der Waals surface area contributed by atoms with Crippen LogP contribution in [0.1, 0.15) is 42.7 Å². The van der Waals surface area contributed by atoms with E-state index in [1.807, 2.05) is 18.4 Å². The Hall–Kier alpha value is -2.67. The van der Waals surface area contributed by atoms with Gasteiger partial charge in [-0.1, -0.05) is 13.8 Å². The Morgan fingerprint density at radius 3 is 2.75 bits per heavy atom. The Bertz CT molecular complexity index is 951. The average Bonchev–Trinajstić information content (AvgIpc) is 2.65. The monoisotopic (exact) mass is 389 g/mol. The van der Waals surface area contributed by atoms with E-state index in [0.717, 1.165) is 5.56 Å². The Morgan fingerprint density at radius 2 is 2.11 bits per heavy atom. The summed E-state index contributed by atoms with van der Waals surface area (Å²) in [6, 6.07) is 4.32. The molecule has 2 heterocycles. The van der Waals surface area contributed by atoms with Crippen LogP contribution in [0.2, 0.25) is 0 Å². The fraction of sp³-hybridized carbons (Fsp3) is 0.429. The first-order valence-corrected chi connectivity index (χ1v) is 9.37. The van der Waals surface area contributed by atoms with E-state index in [2.05, 4.69) is 0 Å². The van der Waals surface area contributed by atoms with Gasteiger partial charge in [0.2, 0.25) is 0 Å². The van der Waals surface area contributed by atoms with Crippen LogP contribution >= 0.6 is 0 Å². The van der Waals surface area contributed by atoms with Crippen molar-refractivity contribution in [3.8, 4) is 17.0 Å². The lowest BCUT2D eigenvalue weighted by Crippen LogP contribution is -2.28. The molecular formula is C21H24FNO5.